The summed E-state index contributed by atoms with van der Waals surface area (Å²) < 4.78 is 10.9. The fourth-order valence-electron chi connectivity index (χ4n) is 1.84. The van der Waals surface area contributed by atoms with Gasteiger partial charge in [0.05, 0.1) is 5.69 Å². The van der Waals surface area contributed by atoms with E-state index in [0.29, 0.717) is 18.5 Å². The van der Waals surface area contributed by atoms with Gasteiger partial charge in [0.25, 0.3) is 0 Å². The monoisotopic (exact) mass is 274 g/mol. The summed E-state index contributed by atoms with van der Waals surface area (Å²) in [7, 11) is 0. The van der Waals surface area contributed by atoms with Crippen molar-refractivity contribution in [2.75, 3.05) is 6.54 Å². The molecular weight excluding hydrogens is 252 g/mol. The Morgan fingerprint density at radius 3 is 2.95 bits per heavy atom. The Bertz CT molecular complexity index is 535. The molecule has 2 aromatic rings. The third-order valence-corrected chi connectivity index (χ3v) is 2.90. The lowest BCUT2D eigenvalue weighted by Crippen LogP contribution is -2.19. The summed E-state index contributed by atoms with van der Waals surface area (Å²) >= 11 is 0. The average molecular weight is 274 g/mol. The molecule has 2 rings (SSSR count). The number of hydrogen-bond acceptors (Lipinski definition) is 4. The van der Waals surface area contributed by atoms with Crippen molar-refractivity contribution in [3.8, 4) is 11.8 Å². The standard InChI is InChI=1S/C16H22N2O2/c1-4-13-6-5-7-15(8-13)20-16-18-14(11-19-16)10-17-9-12(2)3/h5-8,11-12,17H,4,9-10H2,1-3H3. The molecule has 0 fully saturated rings. The maximum absolute atomic E-state index is 5.62. The number of benzene rings is 1. The molecule has 4 heteroatoms. The molecule has 0 spiro atoms. The van der Waals surface area contributed by atoms with Crippen molar-refractivity contribution in [2.24, 2.45) is 5.92 Å². The van der Waals surface area contributed by atoms with Crippen LogP contribution in [0.25, 0.3) is 0 Å². The molecule has 0 aliphatic rings. The van der Waals surface area contributed by atoms with Crippen LogP contribution in [-0.4, -0.2) is 11.5 Å². The zero-order valence-electron chi connectivity index (χ0n) is 12.3. The van der Waals surface area contributed by atoms with Gasteiger partial charge >= 0.3 is 6.08 Å². The Kier molecular flexibility index (Phi) is 5.18. The molecule has 0 amide bonds. The first kappa shape index (κ1) is 14.6. The second-order valence-corrected chi connectivity index (χ2v) is 5.23. The summed E-state index contributed by atoms with van der Waals surface area (Å²) in [6.45, 7) is 8.11. The third kappa shape index (κ3) is 4.38. The molecule has 0 atom stereocenters. The first-order chi connectivity index (χ1) is 9.67. The van der Waals surface area contributed by atoms with Crippen molar-refractivity contribution < 1.29 is 9.15 Å². The quantitative estimate of drug-likeness (QED) is 0.834. The number of ether oxygens (including phenoxy) is 1. The summed E-state index contributed by atoms with van der Waals surface area (Å²) in [4.78, 5) is 4.31. The molecule has 1 aromatic heterocycles. The number of aryl methyl sites for hydroxylation is 1. The Labute approximate surface area is 120 Å². The Hall–Kier alpha value is -1.81. The summed E-state index contributed by atoms with van der Waals surface area (Å²) in [5.41, 5.74) is 2.08. The molecular formula is C16H22N2O2. The van der Waals surface area contributed by atoms with E-state index in [9.17, 15) is 0 Å². The first-order valence-corrected chi connectivity index (χ1v) is 7.09. The predicted octanol–water partition coefficient (Wildman–Crippen LogP) is 3.77. The number of nitrogens with zero attached hydrogens (tertiary/aromatic N) is 1. The van der Waals surface area contributed by atoms with Crippen LogP contribution in [0.1, 0.15) is 32.0 Å². The Balaban J connectivity index is 1.91. The molecule has 4 nitrogen and oxygen atoms in total. The first-order valence-electron chi connectivity index (χ1n) is 7.09. The van der Waals surface area contributed by atoms with E-state index in [1.807, 2.05) is 18.2 Å². The Morgan fingerprint density at radius 1 is 1.35 bits per heavy atom. The van der Waals surface area contributed by atoms with Crippen molar-refractivity contribution in [1.82, 2.24) is 10.3 Å². The zero-order chi connectivity index (χ0) is 14.4. The van der Waals surface area contributed by atoms with E-state index < -0.39 is 0 Å². The van der Waals surface area contributed by atoms with Crippen molar-refractivity contribution in [1.29, 1.82) is 0 Å². The zero-order valence-corrected chi connectivity index (χ0v) is 12.3. The minimum Gasteiger partial charge on any atom is -0.417 e. The molecule has 1 heterocycles. The van der Waals surface area contributed by atoms with Crippen LogP contribution >= 0.6 is 0 Å². The molecule has 0 aliphatic carbocycles. The fraction of sp³-hybridized carbons (Fsp3) is 0.438. The molecule has 0 saturated carbocycles. The van der Waals surface area contributed by atoms with Gasteiger partial charge in [-0.15, -0.1) is 0 Å². The lowest BCUT2D eigenvalue weighted by atomic mass is 10.2. The number of nitrogens with one attached hydrogen (secondary N) is 1. The van der Waals surface area contributed by atoms with Gasteiger partial charge in [-0.25, -0.2) is 0 Å². The highest BCUT2D eigenvalue weighted by molar-refractivity contribution is 5.30. The summed E-state index contributed by atoms with van der Waals surface area (Å²) in [6, 6.07) is 7.95. The van der Waals surface area contributed by atoms with Crippen LogP contribution in [-0.2, 0) is 13.0 Å². The normalized spacial score (nSPS) is 11.0. The van der Waals surface area contributed by atoms with Gasteiger partial charge in [-0.2, -0.15) is 4.98 Å². The van der Waals surface area contributed by atoms with Gasteiger partial charge in [0.2, 0.25) is 0 Å². The second-order valence-electron chi connectivity index (χ2n) is 5.23. The molecule has 1 N–H and O–H groups in total. The average Bonchev–Trinajstić information content (AvgIpc) is 2.86. The maximum atomic E-state index is 5.62. The molecule has 0 saturated heterocycles. The van der Waals surface area contributed by atoms with Crippen molar-refractivity contribution in [3.63, 3.8) is 0 Å². The Morgan fingerprint density at radius 2 is 2.20 bits per heavy atom. The van der Waals surface area contributed by atoms with E-state index in [0.717, 1.165) is 24.4 Å². The van der Waals surface area contributed by atoms with Gasteiger partial charge in [-0.3, -0.25) is 0 Å². The summed E-state index contributed by atoms with van der Waals surface area (Å²) in [6.07, 6.45) is 2.90. The highest BCUT2D eigenvalue weighted by Gasteiger charge is 2.06. The highest BCUT2D eigenvalue weighted by Crippen LogP contribution is 2.21. The van der Waals surface area contributed by atoms with Crippen LogP contribution in [0.5, 0.6) is 11.8 Å². The number of aromatic nitrogens is 1. The molecule has 20 heavy (non-hydrogen) atoms. The van der Waals surface area contributed by atoms with Crippen LogP contribution in [0.4, 0.5) is 0 Å². The van der Waals surface area contributed by atoms with Gasteiger partial charge in [0.15, 0.2) is 0 Å². The van der Waals surface area contributed by atoms with Gasteiger partial charge in [0.1, 0.15) is 12.0 Å². The number of hydrogen-bond donors (Lipinski definition) is 1. The summed E-state index contributed by atoms with van der Waals surface area (Å²) in [5, 5.41) is 3.32. The van der Waals surface area contributed by atoms with Gasteiger partial charge in [-0.05, 0) is 36.6 Å². The van der Waals surface area contributed by atoms with E-state index in [1.165, 1.54) is 5.56 Å². The fourth-order valence-corrected chi connectivity index (χ4v) is 1.84. The van der Waals surface area contributed by atoms with Gasteiger partial charge < -0.3 is 14.5 Å². The highest BCUT2D eigenvalue weighted by atomic mass is 16.6. The molecule has 0 unspecified atom stereocenters. The number of oxazole rings is 1. The largest absolute Gasteiger partial charge is 0.417 e. The predicted molar refractivity (Wildman–Crippen MR) is 78.9 cm³/mol. The van der Waals surface area contributed by atoms with E-state index in [1.54, 1.807) is 6.26 Å². The van der Waals surface area contributed by atoms with E-state index in [4.69, 9.17) is 9.15 Å². The van der Waals surface area contributed by atoms with Gasteiger partial charge in [0, 0.05) is 6.54 Å². The second kappa shape index (κ2) is 7.10. The molecule has 0 bridgehead atoms. The topological polar surface area (TPSA) is 47.3 Å². The SMILES string of the molecule is CCc1cccc(Oc2nc(CNCC(C)C)co2)c1. The molecule has 108 valence electrons. The van der Waals surface area contributed by atoms with Crippen LogP contribution in [0.3, 0.4) is 0 Å². The maximum Gasteiger partial charge on any atom is 0.399 e. The van der Waals surface area contributed by atoms with Crippen molar-refractivity contribution >= 4 is 0 Å². The van der Waals surface area contributed by atoms with Crippen LogP contribution in [0.15, 0.2) is 34.9 Å². The molecule has 0 aliphatic heterocycles. The minimum absolute atomic E-state index is 0.291. The third-order valence-electron chi connectivity index (χ3n) is 2.90. The molecule has 0 radical (unpaired) electrons. The molecule has 1 aromatic carbocycles. The number of rotatable bonds is 7. The smallest absolute Gasteiger partial charge is 0.399 e. The van der Waals surface area contributed by atoms with Crippen LogP contribution in [0.2, 0.25) is 0 Å². The lowest BCUT2D eigenvalue weighted by molar-refractivity contribution is 0.330. The van der Waals surface area contributed by atoms with E-state index >= 15 is 0 Å². The van der Waals surface area contributed by atoms with E-state index in [2.05, 4.69) is 37.1 Å². The van der Waals surface area contributed by atoms with E-state index in [-0.39, 0.29) is 0 Å². The van der Waals surface area contributed by atoms with Crippen LogP contribution < -0.4 is 10.1 Å². The lowest BCUT2D eigenvalue weighted by Gasteiger charge is -2.04. The van der Waals surface area contributed by atoms with Crippen LogP contribution in [0, 0.1) is 5.92 Å². The van der Waals surface area contributed by atoms with Crippen molar-refractivity contribution in [3.05, 3.63) is 41.8 Å². The minimum atomic E-state index is 0.291. The summed E-state index contributed by atoms with van der Waals surface area (Å²) in [5.74, 6) is 1.38. The van der Waals surface area contributed by atoms with Gasteiger partial charge in [-0.1, -0.05) is 32.9 Å². The van der Waals surface area contributed by atoms with Crippen molar-refractivity contribution in [2.45, 2.75) is 33.7 Å².